The molecule has 1 N–H and O–H groups in total. The molecule has 2 heterocycles. The van der Waals surface area contributed by atoms with Crippen molar-refractivity contribution in [2.75, 3.05) is 13.2 Å². The third-order valence-electron chi connectivity index (χ3n) is 4.16. The second-order valence-corrected chi connectivity index (χ2v) is 5.97. The molecule has 1 aliphatic heterocycles. The van der Waals surface area contributed by atoms with Gasteiger partial charge in [-0.05, 0) is 31.4 Å². The number of nitrogens with zero attached hydrogens (tertiary/aromatic N) is 3. The molecule has 0 saturated carbocycles. The molecule has 3 rings (SSSR count). The standard InChI is InChI=1S/C18H21N3O4/c1-2-11-25-15-12-21(13-7-4-3-5-8-13)19-16(15)17(22)20-10-6-9-14(20)18(23)24/h3-5,7-8,12,14H,2,6,9-11H2,1H3,(H,23,24)/t14-/m1/s1. The number of aromatic nitrogens is 2. The summed E-state index contributed by atoms with van der Waals surface area (Å²) in [5.41, 5.74) is 0.963. The van der Waals surface area contributed by atoms with Crippen LogP contribution in [0.2, 0.25) is 0 Å². The average molecular weight is 343 g/mol. The third-order valence-corrected chi connectivity index (χ3v) is 4.16. The summed E-state index contributed by atoms with van der Waals surface area (Å²) in [4.78, 5) is 25.7. The monoisotopic (exact) mass is 343 g/mol. The number of benzene rings is 1. The van der Waals surface area contributed by atoms with Gasteiger partial charge in [-0.25, -0.2) is 9.48 Å². The molecule has 132 valence electrons. The first kappa shape index (κ1) is 17.0. The zero-order valence-electron chi connectivity index (χ0n) is 14.1. The first-order valence-electron chi connectivity index (χ1n) is 8.43. The fourth-order valence-corrected chi connectivity index (χ4v) is 2.94. The van der Waals surface area contributed by atoms with E-state index in [1.54, 1.807) is 10.9 Å². The lowest BCUT2D eigenvalue weighted by Crippen LogP contribution is -2.40. The van der Waals surface area contributed by atoms with Crippen LogP contribution >= 0.6 is 0 Å². The van der Waals surface area contributed by atoms with Gasteiger partial charge < -0.3 is 14.7 Å². The first-order valence-corrected chi connectivity index (χ1v) is 8.43. The molecule has 25 heavy (non-hydrogen) atoms. The van der Waals surface area contributed by atoms with E-state index in [-0.39, 0.29) is 5.69 Å². The molecule has 0 bridgehead atoms. The van der Waals surface area contributed by atoms with Crippen molar-refractivity contribution in [1.82, 2.24) is 14.7 Å². The Labute approximate surface area is 145 Å². The number of para-hydroxylation sites is 1. The van der Waals surface area contributed by atoms with Crippen LogP contribution < -0.4 is 4.74 Å². The Morgan fingerprint density at radius 2 is 2.08 bits per heavy atom. The van der Waals surface area contributed by atoms with Gasteiger partial charge in [0.2, 0.25) is 0 Å². The summed E-state index contributed by atoms with van der Waals surface area (Å²) in [6.45, 7) is 2.86. The van der Waals surface area contributed by atoms with E-state index in [0.29, 0.717) is 31.7 Å². The smallest absolute Gasteiger partial charge is 0.326 e. The highest BCUT2D eigenvalue weighted by Crippen LogP contribution is 2.26. The molecule has 0 aliphatic carbocycles. The van der Waals surface area contributed by atoms with Crippen LogP contribution in [0.4, 0.5) is 0 Å². The minimum absolute atomic E-state index is 0.158. The van der Waals surface area contributed by atoms with E-state index >= 15 is 0 Å². The number of aliphatic carboxylic acids is 1. The fraction of sp³-hybridized carbons (Fsp3) is 0.389. The fourth-order valence-electron chi connectivity index (χ4n) is 2.94. The van der Waals surface area contributed by atoms with Gasteiger partial charge in [-0.1, -0.05) is 25.1 Å². The lowest BCUT2D eigenvalue weighted by molar-refractivity contribution is -0.141. The maximum absolute atomic E-state index is 12.9. The van der Waals surface area contributed by atoms with Crippen molar-refractivity contribution in [3.05, 3.63) is 42.2 Å². The normalized spacial score (nSPS) is 16.8. The predicted molar refractivity (Wildman–Crippen MR) is 91.0 cm³/mol. The van der Waals surface area contributed by atoms with Gasteiger partial charge in [0.1, 0.15) is 6.04 Å². The number of carbonyl (C=O) groups is 2. The number of hydrogen-bond acceptors (Lipinski definition) is 4. The Morgan fingerprint density at radius 3 is 2.76 bits per heavy atom. The third kappa shape index (κ3) is 3.50. The highest BCUT2D eigenvalue weighted by atomic mass is 16.5. The van der Waals surface area contributed by atoms with E-state index in [4.69, 9.17) is 4.74 Å². The van der Waals surface area contributed by atoms with E-state index < -0.39 is 17.9 Å². The number of amides is 1. The molecule has 1 aliphatic rings. The Bertz CT molecular complexity index is 757. The Kier molecular flexibility index (Phi) is 5.02. The number of hydrogen-bond donors (Lipinski definition) is 1. The lowest BCUT2D eigenvalue weighted by Gasteiger charge is -2.20. The van der Waals surface area contributed by atoms with Gasteiger partial charge in [0.25, 0.3) is 5.91 Å². The first-order chi connectivity index (χ1) is 12.1. The van der Waals surface area contributed by atoms with Gasteiger partial charge >= 0.3 is 5.97 Å². The van der Waals surface area contributed by atoms with Crippen molar-refractivity contribution in [2.24, 2.45) is 0 Å². The van der Waals surface area contributed by atoms with E-state index in [9.17, 15) is 14.7 Å². The molecule has 1 amide bonds. The summed E-state index contributed by atoms with van der Waals surface area (Å²) in [6, 6.07) is 8.61. The van der Waals surface area contributed by atoms with Crippen LogP contribution in [-0.4, -0.2) is 50.9 Å². The number of rotatable bonds is 6. The highest BCUT2D eigenvalue weighted by molar-refractivity contribution is 5.97. The molecule has 7 nitrogen and oxygen atoms in total. The second-order valence-electron chi connectivity index (χ2n) is 5.97. The number of carboxylic acid groups (broad SMARTS) is 1. The molecular weight excluding hydrogens is 322 g/mol. The highest BCUT2D eigenvalue weighted by Gasteiger charge is 2.36. The lowest BCUT2D eigenvalue weighted by atomic mass is 10.2. The number of carbonyl (C=O) groups excluding carboxylic acids is 1. The van der Waals surface area contributed by atoms with Crippen LogP contribution in [0.1, 0.15) is 36.7 Å². The molecule has 7 heteroatoms. The van der Waals surface area contributed by atoms with Crippen molar-refractivity contribution in [3.8, 4) is 11.4 Å². The quantitative estimate of drug-likeness (QED) is 0.870. The van der Waals surface area contributed by atoms with Crippen LogP contribution in [-0.2, 0) is 4.79 Å². The number of ether oxygens (including phenoxy) is 1. The Morgan fingerprint density at radius 1 is 1.32 bits per heavy atom. The molecule has 1 saturated heterocycles. The van der Waals surface area contributed by atoms with E-state index in [1.165, 1.54) is 4.90 Å². The van der Waals surface area contributed by atoms with Gasteiger partial charge in [-0.2, -0.15) is 5.10 Å². The predicted octanol–water partition coefficient (Wildman–Crippen LogP) is 2.35. The zero-order valence-corrected chi connectivity index (χ0v) is 14.1. The van der Waals surface area contributed by atoms with Gasteiger partial charge in [0.15, 0.2) is 11.4 Å². The molecule has 1 aromatic carbocycles. The van der Waals surface area contributed by atoms with Crippen molar-refractivity contribution in [1.29, 1.82) is 0 Å². The summed E-state index contributed by atoms with van der Waals surface area (Å²) in [6.07, 6.45) is 3.61. The van der Waals surface area contributed by atoms with Crippen LogP contribution in [0.3, 0.4) is 0 Å². The maximum atomic E-state index is 12.9. The van der Waals surface area contributed by atoms with Crippen molar-refractivity contribution >= 4 is 11.9 Å². The molecule has 1 atom stereocenters. The second kappa shape index (κ2) is 7.38. The SMILES string of the molecule is CCCOc1cn(-c2ccccc2)nc1C(=O)N1CCC[C@@H]1C(=O)O. The molecule has 2 aromatic rings. The number of likely N-dealkylation sites (tertiary alicyclic amines) is 1. The van der Waals surface area contributed by atoms with Crippen LogP contribution in [0.25, 0.3) is 5.69 Å². The van der Waals surface area contributed by atoms with E-state index in [0.717, 1.165) is 12.1 Å². The summed E-state index contributed by atoms with van der Waals surface area (Å²) in [5, 5.41) is 13.7. The minimum Gasteiger partial charge on any atom is -0.489 e. The topological polar surface area (TPSA) is 84.7 Å². The summed E-state index contributed by atoms with van der Waals surface area (Å²) < 4.78 is 7.27. The van der Waals surface area contributed by atoms with Crippen LogP contribution in [0.15, 0.2) is 36.5 Å². The van der Waals surface area contributed by atoms with Gasteiger partial charge in [-0.3, -0.25) is 4.79 Å². The van der Waals surface area contributed by atoms with Gasteiger partial charge in [0.05, 0.1) is 18.5 Å². The van der Waals surface area contributed by atoms with E-state index in [1.807, 2.05) is 37.3 Å². The summed E-state index contributed by atoms with van der Waals surface area (Å²) >= 11 is 0. The largest absolute Gasteiger partial charge is 0.489 e. The molecule has 0 spiro atoms. The Balaban J connectivity index is 1.94. The molecule has 1 aromatic heterocycles. The van der Waals surface area contributed by atoms with Gasteiger partial charge in [0, 0.05) is 6.54 Å². The molecular formula is C18H21N3O4. The summed E-state index contributed by atoms with van der Waals surface area (Å²) in [7, 11) is 0. The minimum atomic E-state index is -0.982. The van der Waals surface area contributed by atoms with Crippen molar-refractivity contribution in [3.63, 3.8) is 0 Å². The van der Waals surface area contributed by atoms with E-state index in [2.05, 4.69) is 5.10 Å². The molecule has 0 unspecified atom stereocenters. The maximum Gasteiger partial charge on any atom is 0.326 e. The number of carboxylic acids is 1. The van der Waals surface area contributed by atoms with Crippen LogP contribution in [0.5, 0.6) is 5.75 Å². The van der Waals surface area contributed by atoms with Gasteiger partial charge in [-0.15, -0.1) is 0 Å². The Hall–Kier alpha value is -2.83. The average Bonchev–Trinajstić information content (AvgIpc) is 3.27. The van der Waals surface area contributed by atoms with Crippen molar-refractivity contribution < 1.29 is 19.4 Å². The summed E-state index contributed by atoms with van der Waals surface area (Å²) in [5.74, 6) is -0.998. The molecule has 1 fully saturated rings. The molecule has 0 radical (unpaired) electrons. The zero-order chi connectivity index (χ0) is 17.8. The van der Waals surface area contributed by atoms with Crippen molar-refractivity contribution in [2.45, 2.75) is 32.2 Å². The van der Waals surface area contributed by atoms with Crippen LogP contribution in [0, 0.1) is 0 Å².